The van der Waals surface area contributed by atoms with Crippen molar-refractivity contribution in [1.82, 2.24) is 4.98 Å². The Labute approximate surface area is 94.3 Å². The average molecular weight is 221 g/mol. The Balaban J connectivity index is 2.71. The second-order valence-electron chi connectivity index (χ2n) is 3.21. The summed E-state index contributed by atoms with van der Waals surface area (Å²) in [4.78, 5) is 26.3. The predicted octanol–water partition coefficient (Wildman–Crippen LogP) is 1.78. The van der Waals surface area contributed by atoms with Crippen LogP contribution in [0.25, 0.3) is 0 Å². The number of amides is 2. The maximum absolute atomic E-state index is 11.1. The molecule has 1 aromatic heterocycles. The number of carbonyl (C=O) groups is 2. The fourth-order valence-corrected chi connectivity index (χ4v) is 1.04. The molecule has 1 heterocycles. The highest BCUT2D eigenvalue weighted by Gasteiger charge is 2.03. The highest BCUT2D eigenvalue weighted by atomic mass is 16.2. The average Bonchev–Trinajstić information content (AvgIpc) is 2.29. The topological polar surface area (TPSA) is 71.1 Å². The van der Waals surface area contributed by atoms with E-state index in [4.69, 9.17) is 0 Å². The van der Waals surface area contributed by atoms with Gasteiger partial charge in [-0.2, -0.15) is 0 Å². The van der Waals surface area contributed by atoms with Gasteiger partial charge in [0.1, 0.15) is 11.6 Å². The van der Waals surface area contributed by atoms with Gasteiger partial charge in [0.05, 0.1) is 0 Å². The third-order valence-corrected chi connectivity index (χ3v) is 1.93. The van der Waals surface area contributed by atoms with Crippen LogP contribution in [0.4, 0.5) is 11.6 Å². The van der Waals surface area contributed by atoms with Crippen LogP contribution in [-0.2, 0) is 9.59 Å². The molecule has 86 valence electrons. The van der Waals surface area contributed by atoms with E-state index in [-0.39, 0.29) is 11.8 Å². The summed E-state index contributed by atoms with van der Waals surface area (Å²) >= 11 is 0. The largest absolute Gasteiger partial charge is 0.311 e. The number of aromatic nitrogens is 1. The minimum atomic E-state index is -0.105. The highest BCUT2D eigenvalue weighted by molar-refractivity contribution is 5.91. The lowest BCUT2D eigenvalue weighted by molar-refractivity contribution is -0.116. The number of carbonyl (C=O) groups excluding carboxylic acids is 2. The van der Waals surface area contributed by atoms with E-state index in [1.807, 2.05) is 0 Å². The second-order valence-corrected chi connectivity index (χ2v) is 3.21. The summed E-state index contributed by atoms with van der Waals surface area (Å²) < 4.78 is 0. The molecule has 0 spiro atoms. The van der Waals surface area contributed by atoms with Crippen molar-refractivity contribution in [2.24, 2.45) is 0 Å². The molecule has 0 fully saturated rings. The second kappa shape index (κ2) is 5.85. The summed E-state index contributed by atoms with van der Waals surface area (Å²) in [6.45, 7) is 3.52. The van der Waals surface area contributed by atoms with Crippen molar-refractivity contribution in [3.8, 4) is 0 Å². The summed E-state index contributed by atoms with van der Waals surface area (Å²) in [6, 6.07) is 5.08. The van der Waals surface area contributed by atoms with Crippen LogP contribution in [0.3, 0.4) is 0 Å². The monoisotopic (exact) mass is 221 g/mol. The molecule has 0 aliphatic carbocycles. The number of hydrogen-bond acceptors (Lipinski definition) is 3. The van der Waals surface area contributed by atoms with Crippen LogP contribution in [0, 0.1) is 0 Å². The van der Waals surface area contributed by atoms with E-state index in [2.05, 4.69) is 15.6 Å². The number of hydrogen-bond donors (Lipinski definition) is 2. The highest BCUT2D eigenvalue weighted by Crippen LogP contribution is 2.09. The Morgan fingerprint density at radius 3 is 1.88 bits per heavy atom. The van der Waals surface area contributed by atoms with Gasteiger partial charge in [0, 0.05) is 12.8 Å². The molecule has 0 aromatic carbocycles. The fraction of sp³-hybridized carbons (Fsp3) is 0.364. The molecule has 0 unspecified atom stereocenters. The van der Waals surface area contributed by atoms with Gasteiger partial charge in [-0.1, -0.05) is 19.9 Å². The fourth-order valence-electron chi connectivity index (χ4n) is 1.04. The minimum Gasteiger partial charge on any atom is -0.311 e. The van der Waals surface area contributed by atoms with Crippen LogP contribution < -0.4 is 10.6 Å². The van der Waals surface area contributed by atoms with Crippen LogP contribution >= 0.6 is 0 Å². The number of anilines is 2. The van der Waals surface area contributed by atoms with Crippen LogP contribution in [0.1, 0.15) is 26.7 Å². The standard InChI is InChI=1S/C11H15N3O2/c1-3-10(15)13-8-6-5-7-9(12-8)14-11(16)4-2/h5-7H,3-4H2,1-2H3,(H2,12,13,14,15,16). The van der Waals surface area contributed by atoms with Crippen LogP contribution in [0.5, 0.6) is 0 Å². The Morgan fingerprint density at radius 1 is 1.06 bits per heavy atom. The molecule has 5 heteroatoms. The Bertz CT molecular complexity index is 357. The number of nitrogens with zero attached hydrogens (tertiary/aromatic N) is 1. The third kappa shape index (κ3) is 3.68. The zero-order chi connectivity index (χ0) is 12.0. The first-order valence-corrected chi connectivity index (χ1v) is 5.22. The van der Waals surface area contributed by atoms with Gasteiger partial charge in [-0.05, 0) is 12.1 Å². The molecule has 0 saturated carbocycles. The number of nitrogens with one attached hydrogen (secondary N) is 2. The molecular weight excluding hydrogens is 206 g/mol. The summed E-state index contributed by atoms with van der Waals surface area (Å²) in [5.41, 5.74) is 0. The molecule has 0 saturated heterocycles. The lowest BCUT2D eigenvalue weighted by Gasteiger charge is -2.06. The molecule has 0 radical (unpaired) electrons. The molecule has 0 aliphatic heterocycles. The van der Waals surface area contributed by atoms with Gasteiger partial charge in [0.15, 0.2) is 0 Å². The molecule has 16 heavy (non-hydrogen) atoms. The van der Waals surface area contributed by atoms with Crippen molar-refractivity contribution < 1.29 is 9.59 Å². The Hall–Kier alpha value is -1.91. The van der Waals surface area contributed by atoms with Gasteiger partial charge in [0.2, 0.25) is 11.8 Å². The molecule has 2 N–H and O–H groups in total. The van der Waals surface area contributed by atoms with E-state index in [1.165, 1.54) is 0 Å². The summed E-state index contributed by atoms with van der Waals surface area (Å²) in [5.74, 6) is 0.680. The smallest absolute Gasteiger partial charge is 0.225 e. The zero-order valence-electron chi connectivity index (χ0n) is 9.41. The van der Waals surface area contributed by atoms with Crippen LogP contribution in [0.2, 0.25) is 0 Å². The normalized spacial score (nSPS) is 9.62. The van der Waals surface area contributed by atoms with Crippen molar-refractivity contribution in [2.75, 3.05) is 10.6 Å². The zero-order valence-corrected chi connectivity index (χ0v) is 9.41. The minimum absolute atomic E-state index is 0.105. The SMILES string of the molecule is CCC(=O)Nc1cccc(NC(=O)CC)n1. The number of rotatable bonds is 4. The Morgan fingerprint density at radius 2 is 1.50 bits per heavy atom. The van der Waals surface area contributed by atoms with E-state index in [0.717, 1.165) is 0 Å². The predicted molar refractivity (Wildman–Crippen MR) is 62.1 cm³/mol. The van der Waals surface area contributed by atoms with Gasteiger partial charge < -0.3 is 10.6 Å². The molecule has 0 aliphatic rings. The molecule has 0 atom stereocenters. The van der Waals surface area contributed by atoms with E-state index >= 15 is 0 Å². The molecule has 0 bridgehead atoms. The van der Waals surface area contributed by atoms with E-state index in [1.54, 1.807) is 32.0 Å². The maximum atomic E-state index is 11.1. The summed E-state index contributed by atoms with van der Waals surface area (Å²) in [5, 5.41) is 5.24. The Kier molecular flexibility index (Phi) is 4.44. The van der Waals surface area contributed by atoms with E-state index < -0.39 is 0 Å². The lowest BCUT2D eigenvalue weighted by Crippen LogP contribution is -2.14. The number of pyridine rings is 1. The van der Waals surface area contributed by atoms with Crippen LogP contribution in [-0.4, -0.2) is 16.8 Å². The van der Waals surface area contributed by atoms with E-state index in [9.17, 15) is 9.59 Å². The molecule has 1 rings (SSSR count). The molecule has 5 nitrogen and oxygen atoms in total. The van der Waals surface area contributed by atoms with Crippen molar-refractivity contribution in [2.45, 2.75) is 26.7 Å². The van der Waals surface area contributed by atoms with E-state index in [0.29, 0.717) is 24.5 Å². The first-order valence-electron chi connectivity index (χ1n) is 5.22. The lowest BCUT2D eigenvalue weighted by atomic mass is 10.4. The summed E-state index contributed by atoms with van der Waals surface area (Å²) in [7, 11) is 0. The van der Waals surface area contributed by atoms with Gasteiger partial charge in [0.25, 0.3) is 0 Å². The summed E-state index contributed by atoms with van der Waals surface area (Å²) in [6.07, 6.45) is 0.792. The van der Waals surface area contributed by atoms with Crippen molar-refractivity contribution in [3.05, 3.63) is 18.2 Å². The maximum Gasteiger partial charge on any atom is 0.225 e. The van der Waals surface area contributed by atoms with Gasteiger partial charge in [-0.3, -0.25) is 9.59 Å². The molecule has 1 aromatic rings. The van der Waals surface area contributed by atoms with Gasteiger partial charge in [-0.15, -0.1) is 0 Å². The van der Waals surface area contributed by atoms with Crippen molar-refractivity contribution >= 4 is 23.5 Å². The van der Waals surface area contributed by atoms with Crippen molar-refractivity contribution in [1.29, 1.82) is 0 Å². The molecular formula is C11H15N3O2. The third-order valence-electron chi connectivity index (χ3n) is 1.93. The quantitative estimate of drug-likeness (QED) is 0.814. The first kappa shape index (κ1) is 12.2. The molecule has 2 amide bonds. The van der Waals surface area contributed by atoms with Crippen LogP contribution in [0.15, 0.2) is 18.2 Å². The van der Waals surface area contributed by atoms with Crippen molar-refractivity contribution in [3.63, 3.8) is 0 Å². The first-order chi connectivity index (χ1) is 7.65. The van der Waals surface area contributed by atoms with Gasteiger partial charge in [-0.25, -0.2) is 4.98 Å². The van der Waals surface area contributed by atoms with Gasteiger partial charge >= 0.3 is 0 Å².